The van der Waals surface area contributed by atoms with Crippen molar-refractivity contribution in [3.8, 4) is 0 Å². The van der Waals surface area contributed by atoms with Gasteiger partial charge in [0.05, 0.1) is 6.54 Å². The van der Waals surface area contributed by atoms with E-state index in [4.69, 9.17) is 0 Å². The van der Waals surface area contributed by atoms with Crippen LogP contribution in [0.15, 0.2) is 27.6 Å². The van der Waals surface area contributed by atoms with Gasteiger partial charge < -0.3 is 0 Å². The number of aryl methyl sites for hydroxylation is 1. The summed E-state index contributed by atoms with van der Waals surface area (Å²) < 4.78 is 39.8. The van der Waals surface area contributed by atoms with Crippen molar-refractivity contribution < 1.29 is 12.8 Å². The summed E-state index contributed by atoms with van der Waals surface area (Å²) in [6.07, 6.45) is 0. The molecule has 0 unspecified atom stereocenters. The highest BCUT2D eigenvalue weighted by Crippen LogP contribution is 2.22. The maximum Gasteiger partial charge on any atom is 0.246 e. The number of aromatic amines is 1. The lowest BCUT2D eigenvalue weighted by Gasteiger charge is -2.16. The number of halogens is 2. The molecule has 0 aliphatic carbocycles. The van der Waals surface area contributed by atoms with Crippen LogP contribution in [0.2, 0.25) is 0 Å². The predicted octanol–water partition coefficient (Wildman–Crippen LogP) is 1.84. The number of benzene rings is 1. The fraction of sp³-hybridized carbons (Fsp3) is 0.273. The van der Waals surface area contributed by atoms with Crippen molar-refractivity contribution in [1.82, 2.24) is 19.5 Å². The Morgan fingerprint density at radius 2 is 2.15 bits per heavy atom. The fourth-order valence-corrected chi connectivity index (χ4v) is 3.10. The highest BCUT2D eigenvalue weighted by molar-refractivity contribution is 9.10. The molecule has 0 aliphatic rings. The molecule has 0 saturated carbocycles. The molecular formula is C11H12BrFN4O2S. The quantitative estimate of drug-likeness (QED) is 0.899. The minimum absolute atomic E-state index is 0.0395. The molecule has 9 heteroatoms. The summed E-state index contributed by atoms with van der Waals surface area (Å²) >= 11 is 3.08. The first kappa shape index (κ1) is 15.1. The van der Waals surface area contributed by atoms with E-state index < -0.39 is 15.8 Å². The van der Waals surface area contributed by atoms with Gasteiger partial charge in [-0.3, -0.25) is 5.10 Å². The van der Waals surface area contributed by atoms with Gasteiger partial charge in [0.1, 0.15) is 16.5 Å². The zero-order valence-electron chi connectivity index (χ0n) is 10.8. The molecule has 0 bridgehead atoms. The van der Waals surface area contributed by atoms with E-state index in [1.807, 2.05) is 0 Å². The van der Waals surface area contributed by atoms with E-state index in [1.165, 1.54) is 19.2 Å². The van der Waals surface area contributed by atoms with E-state index in [0.717, 1.165) is 10.4 Å². The SMILES string of the molecule is Cc1nc(CN(C)S(=O)(=O)c2ccc(Br)cc2F)n[nH]1. The highest BCUT2D eigenvalue weighted by Gasteiger charge is 2.25. The van der Waals surface area contributed by atoms with Gasteiger partial charge in [0, 0.05) is 11.5 Å². The van der Waals surface area contributed by atoms with E-state index in [2.05, 4.69) is 31.1 Å². The van der Waals surface area contributed by atoms with Gasteiger partial charge >= 0.3 is 0 Å². The number of aromatic nitrogens is 3. The molecule has 0 amide bonds. The largest absolute Gasteiger partial charge is 0.263 e. The molecule has 1 N–H and O–H groups in total. The van der Waals surface area contributed by atoms with Crippen molar-refractivity contribution >= 4 is 26.0 Å². The van der Waals surface area contributed by atoms with Gasteiger partial charge in [0.2, 0.25) is 10.0 Å². The number of sulfonamides is 1. The number of hydrogen-bond acceptors (Lipinski definition) is 4. The number of nitrogens with one attached hydrogen (secondary N) is 1. The van der Waals surface area contributed by atoms with Gasteiger partial charge in [-0.1, -0.05) is 15.9 Å². The molecule has 1 heterocycles. The normalized spacial score (nSPS) is 12.1. The van der Waals surface area contributed by atoms with Crippen molar-refractivity contribution in [2.45, 2.75) is 18.4 Å². The third-order valence-electron chi connectivity index (χ3n) is 2.59. The topological polar surface area (TPSA) is 79.0 Å². The monoisotopic (exact) mass is 362 g/mol. The minimum Gasteiger partial charge on any atom is -0.263 e. The van der Waals surface area contributed by atoms with Crippen LogP contribution in [0.5, 0.6) is 0 Å². The lowest BCUT2D eigenvalue weighted by Crippen LogP contribution is -2.27. The maximum absolute atomic E-state index is 13.8. The van der Waals surface area contributed by atoms with Crippen LogP contribution in [0, 0.1) is 12.7 Å². The lowest BCUT2D eigenvalue weighted by molar-refractivity contribution is 0.451. The molecule has 6 nitrogen and oxygen atoms in total. The van der Waals surface area contributed by atoms with Gasteiger partial charge in [0.15, 0.2) is 5.82 Å². The average Bonchev–Trinajstić information content (AvgIpc) is 2.74. The van der Waals surface area contributed by atoms with Crippen LogP contribution >= 0.6 is 15.9 Å². The van der Waals surface area contributed by atoms with Crippen molar-refractivity contribution in [1.29, 1.82) is 0 Å². The van der Waals surface area contributed by atoms with Crippen LogP contribution in [0.4, 0.5) is 4.39 Å². The molecule has 20 heavy (non-hydrogen) atoms. The number of H-pyrrole nitrogens is 1. The molecule has 0 atom stereocenters. The molecule has 0 spiro atoms. The first-order valence-electron chi connectivity index (χ1n) is 5.60. The Labute approximate surface area is 124 Å². The van der Waals surface area contributed by atoms with Crippen LogP contribution in [0.3, 0.4) is 0 Å². The Balaban J connectivity index is 2.29. The van der Waals surface area contributed by atoms with E-state index in [9.17, 15) is 12.8 Å². The van der Waals surface area contributed by atoms with Crippen molar-refractivity contribution in [3.63, 3.8) is 0 Å². The van der Waals surface area contributed by atoms with Crippen LogP contribution in [-0.2, 0) is 16.6 Å². The minimum atomic E-state index is -3.93. The Hall–Kier alpha value is -1.32. The number of rotatable bonds is 4. The fourth-order valence-electron chi connectivity index (χ4n) is 1.60. The second-order valence-electron chi connectivity index (χ2n) is 4.17. The molecule has 0 radical (unpaired) electrons. The molecule has 2 rings (SSSR count). The average molecular weight is 363 g/mol. The smallest absolute Gasteiger partial charge is 0.246 e. The number of nitrogens with zero attached hydrogens (tertiary/aromatic N) is 3. The summed E-state index contributed by atoms with van der Waals surface area (Å²) in [5.74, 6) is 0.101. The second kappa shape index (κ2) is 5.58. The molecular weight excluding hydrogens is 351 g/mol. The van der Waals surface area contributed by atoms with E-state index >= 15 is 0 Å². The molecule has 1 aromatic carbocycles. The zero-order valence-corrected chi connectivity index (χ0v) is 13.2. The van der Waals surface area contributed by atoms with Gasteiger partial charge in [-0.05, 0) is 25.1 Å². The third-order valence-corrected chi connectivity index (χ3v) is 4.92. The Bertz CT molecular complexity index is 732. The second-order valence-corrected chi connectivity index (χ2v) is 7.10. The van der Waals surface area contributed by atoms with Crippen LogP contribution in [-0.4, -0.2) is 35.0 Å². The standard InChI is InChI=1S/C11H12BrFN4O2S/c1-7-14-11(16-15-7)6-17(2)20(18,19)10-4-3-8(12)5-9(10)13/h3-5H,6H2,1-2H3,(H,14,15,16). The lowest BCUT2D eigenvalue weighted by atomic mass is 10.3. The van der Waals surface area contributed by atoms with Gasteiger partial charge in [-0.25, -0.2) is 17.8 Å². The summed E-state index contributed by atoms with van der Waals surface area (Å²) in [6, 6.07) is 3.80. The van der Waals surface area contributed by atoms with E-state index in [1.54, 1.807) is 6.92 Å². The molecule has 108 valence electrons. The predicted molar refractivity (Wildman–Crippen MR) is 73.9 cm³/mol. The molecule has 0 aliphatic heterocycles. The Morgan fingerprint density at radius 3 is 2.70 bits per heavy atom. The first-order chi connectivity index (χ1) is 9.30. The maximum atomic E-state index is 13.8. The number of hydrogen-bond donors (Lipinski definition) is 1. The summed E-state index contributed by atoms with van der Waals surface area (Å²) in [4.78, 5) is 3.64. The molecule has 2 aromatic rings. The Morgan fingerprint density at radius 1 is 1.45 bits per heavy atom. The summed E-state index contributed by atoms with van der Waals surface area (Å²) in [6.45, 7) is 1.67. The van der Waals surface area contributed by atoms with Gasteiger partial charge in [-0.15, -0.1) is 0 Å². The van der Waals surface area contributed by atoms with Crippen molar-refractivity contribution in [3.05, 3.63) is 40.1 Å². The van der Waals surface area contributed by atoms with Crippen molar-refractivity contribution in [2.75, 3.05) is 7.05 Å². The van der Waals surface area contributed by atoms with Crippen LogP contribution < -0.4 is 0 Å². The first-order valence-corrected chi connectivity index (χ1v) is 7.83. The van der Waals surface area contributed by atoms with Gasteiger partial charge in [0.25, 0.3) is 0 Å². The van der Waals surface area contributed by atoms with Gasteiger partial charge in [-0.2, -0.15) is 9.40 Å². The summed E-state index contributed by atoms with van der Waals surface area (Å²) in [5.41, 5.74) is 0. The molecule has 1 aromatic heterocycles. The molecule has 0 fully saturated rings. The molecule has 0 saturated heterocycles. The Kier molecular flexibility index (Phi) is 4.21. The van der Waals surface area contributed by atoms with Crippen molar-refractivity contribution in [2.24, 2.45) is 0 Å². The zero-order chi connectivity index (χ0) is 14.9. The summed E-state index contributed by atoms with van der Waals surface area (Å²) in [5, 5.41) is 6.48. The summed E-state index contributed by atoms with van der Waals surface area (Å²) in [7, 11) is -2.58. The van der Waals surface area contributed by atoms with E-state index in [-0.39, 0.29) is 11.4 Å². The van der Waals surface area contributed by atoms with Crippen LogP contribution in [0.25, 0.3) is 0 Å². The van der Waals surface area contributed by atoms with E-state index in [0.29, 0.717) is 16.1 Å². The van der Waals surface area contributed by atoms with Crippen LogP contribution in [0.1, 0.15) is 11.6 Å². The third kappa shape index (κ3) is 3.05. The highest BCUT2D eigenvalue weighted by atomic mass is 79.9.